The van der Waals surface area contributed by atoms with Crippen LogP contribution in [0.15, 0.2) is 0 Å². The number of rotatable bonds is 5. The number of Topliss-reactive ketones (excluding diaryl/α,β-unsaturated/α-hetero) is 1. The minimum absolute atomic E-state index is 0.110. The molecule has 0 spiro atoms. The van der Waals surface area contributed by atoms with Crippen molar-refractivity contribution >= 4 is 11.8 Å². The van der Waals surface area contributed by atoms with Gasteiger partial charge in [0.15, 0.2) is 0 Å². The Morgan fingerprint density at radius 2 is 1.63 bits per heavy atom. The van der Waals surface area contributed by atoms with Crippen molar-refractivity contribution in [2.24, 2.45) is 46.3 Å². The van der Waals surface area contributed by atoms with E-state index in [2.05, 4.69) is 20.8 Å². The molecule has 2 unspecified atom stereocenters. The first kappa shape index (κ1) is 22.3. The Labute approximate surface area is 184 Å². The summed E-state index contributed by atoms with van der Waals surface area (Å²) in [6, 6.07) is 0. The molecule has 3 nitrogen and oxygen atoms in total. The molecule has 0 radical (unpaired) electrons. The van der Waals surface area contributed by atoms with Gasteiger partial charge in [-0.25, -0.2) is 0 Å². The van der Waals surface area contributed by atoms with E-state index in [1.54, 1.807) is 13.8 Å². The van der Waals surface area contributed by atoms with Crippen LogP contribution in [-0.4, -0.2) is 17.9 Å². The number of ether oxygens (including phenoxy) is 1. The van der Waals surface area contributed by atoms with Gasteiger partial charge in [-0.1, -0.05) is 20.8 Å². The lowest BCUT2D eigenvalue weighted by Crippen LogP contribution is -2.54. The van der Waals surface area contributed by atoms with Crippen molar-refractivity contribution < 1.29 is 14.3 Å². The standard InChI is InChI=1S/C27H44O3/c1-17(6-7-18(2)28)23-10-11-24-22-9-8-20-16-21(30-19(3)29)12-14-26(20,4)25(22)13-15-27(23,24)5/h17,20-25H,6-16H2,1-5H3/t17-,20?,21?,22+,23-,24+,25+,26+,27-/m1/s1. The SMILES string of the molecule is CC(=O)CC[C@@H](C)[C@H]1CC[C@H]2[C@@H]3CCC4CC(OC(C)=O)CC[C@]4(C)[C@H]3CC[C@]12C. The molecule has 0 saturated heterocycles. The molecule has 0 aromatic carbocycles. The van der Waals surface area contributed by atoms with Gasteiger partial charge in [0.2, 0.25) is 0 Å². The lowest BCUT2D eigenvalue weighted by Gasteiger charge is -2.61. The van der Waals surface area contributed by atoms with Crippen molar-refractivity contribution in [1.29, 1.82) is 0 Å². The highest BCUT2D eigenvalue weighted by molar-refractivity contribution is 5.75. The molecule has 3 heteroatoms. The third-order valence-electron chi connectivity index (χ3n) is 10.7. The van der Waals surface area contributed by atoms with E-state index in [1.807, 2.05) is 0 Å². The molecule has 0 aromatic heterocycles. The van der Waals surface area contributed by atoms with Crippen LogP contribution in [0, 0.1) is 46.3 Å². The number of ketones is 1. The zero-order valence-electron chi connectivity index (χ0n) is 20.0. The van der Waals surface area contributed by atoms with E-state index in [9.17, 15) is 9.59 Å². The first-order valence-electron chi connectivity index (χ1n) is 12.8. The van der Waals surface area contributed by atoms with Gasteiger partial charge in [-0.2, -0.15) is 0 Å². The molecule has 4 aliphatic carbocycles. The van der Waals surface area contributed by atoms with E-state index in [-0.39, 0.29) is 12.1 Å². The number of hydrogen-bond donors (Lipinski definition) is 0. The summed E-state index contributed by atoms with van der Waals surface area (Å²) in [7, 11) is 0. The summed E-state index contributed by atoms with van der Waals surface area (Å²) in [5.41, 5.74) is 0.925. The quantitative estimate of drug-likeness (QED) is 0.475. The van der Waals surface area contributed by atoms with Crippen LogP contribution < -0.4 is 0 Å². The van der Waals surface area contributed by atoms with E-state index < -0.39 is 0 Å². The normalized spacial score (nSPS) is 46.3. The van der Waals surface area contributed by atoms with Crippen molar-refractivity contribution in [3.63, 3.8) is 0 Å². The summed E-state index contributed by atoms with van der Waals surface area (Å²) >= 11 is 0. The summed E-state index contributed by atoms with van der Waals surface area (Å²) in [6.07, 6.45) is 13.6. The zero-order valence-corrected chi connectivity index (χ0v) is 20.0. The second-order valence-corrected chi connectivity index (χ2v) is 12.1. The Bertz CT molecular complexity index is 671. The molecule has 4 rings (SSSR count). The van der Waals surface area contributed by atoms with Gasteiger partial charge in [-0.3, -0.25) is 4.79 Å². The predicted octanol–water partition coefficient (Wildman–Crippen LogP) is 6.58. The monoisotopic (exact) mass is 416 g/mol. The maximum atomic E-state index is 11.5. The molecule has 0 amide bonds. The molecule has 0 bridgehead atoms. The van der Waals surface area contributed by atoms with Gasteiger partial charge in [0.25, 0.3) is 0 Å². The van der Waals surface area contributed by atoms with Crippen molar-refractivity contribution in [2.75, 3.05) is 0 Å². The van der Waals surface area contributed by atoms with E-state index in [1.165, 1.54) is 44.9 Å². The Morgan fingerprint density at radius 3 is 2.33 bits per heavy atom. The average Bonchev–Trinajstić information content (AvgIpc) is 3.03. The van der Waals surface area contributed by atoms with E-state index in [0.717, 1.165) is 55.3 Å². The molecule has 4 fully saturated rings. The summed E-state index contributed by atoms with van der Waals surface area (Å²) in [5.74, 6) is 5.07. The van der Waals surface area contributed by atoms with Crippen molar-refractivity contribution in [1.82, 2.24) is 0 Å². The predicted molar refractivity (Wildman–Crippen MR) is 120 cm³/mol. The summed E-state index contributed by atoms with van der Waals surface area (Å²) < 4.78 is 5.62. The van der Waals surface area contributed by atoms with Gasteiger partial charge < -0.3 is 9.53 Å². The van der Waals surface area contributed by atoms with Crippen LogP contribution in [-0.2, 0) is 14.3 Å². The van der Waals surface area contributed by atoms with Crippen molar-refractivity contribution in [2.45, 2.75) is 111 Å². The Morgan fingerprint density at radius 1 is 0.933 bits per heavy atom. The number of fused-ring (bicyclic) bond motifs is 5. The van der Waals surface area contributed by atoms with Gasteiger partial charge in [0.05, 0.1) is 0 Å². The molecule has 4 aliphatic rings. The second-order valence-electron chi connectivity index (χ2n) is 12.1. The smallest absolute Gasteiger partial charge is 0.302 e. The molecule has 4 saturated carbocycles. The fourth-order valence-electron chi connectivity index (χ4n) is 9.17. The maximum absolute atomic E-state index is 11.5. The summed E-state index contributed by atoms with van der Waals surface area (Å²) in [6.45, 7) is 10.9. The summed E-state index contributed by atoms with van der Waals surface area (Å²) in [5, 5.41) is 0. The largest absolute Gasteiger partial charge is 0.463 e. The lowest BCUT2D eigenvalue weighted by molar-refractivity contribution is -0.160. The Hall–Kier alpha value is -0.860. The van der Waals surface area contributed by atoms with Crippen LogP contribution in [0.2, 0.25) is 0 Å². The summed E-state index contributed by atoms with van der Waals surface area (Å²) in [4.78, 5) is 23.0. The minimum Gasteiger partial charge on any atom is -0.463 e. The lowest BCUT2D eigenvalue weighted by atomic mass is 9.44. The number of carbonyl (C=O) groups is 2. The topological polar surface area (TPSA) is 43.4 Å². The number of hydrogen-bond acceptors (Lipinski definition) is 3. The Kier molecular flexibility index (Phi) is 6.14. The van der Waals surface area contributed by atoms with Crippen LogP contribution in [0.4, 0.5) is 0 Å². The minimum atomic E-state index is -0.110. The van der Waals surface area contributed by atoms with E-state index >= 15 is 0 Å². The molecular weight excluding hydrogens is 372 g/mol. The van der Waals surface area contributed by atoms with Crippen molar-refractivity contribution in [3.05, 3.63) is 0 Å². The fourth-order valence-corrected chi connectivity index (χ4v) is 9.17. The van der Waals surface area contributed by atoms with Crippen LogP contribution in [0.1, 0.15) is 105 Å². The van der Waals surface area contributed by atoms with Crippen LogP contribution in [0.3, 0.4) is 0 Å². The molecule has 0 N–H and O–H groups in total. The van der Waals surface area contributed by atoms with Gasteiger partial charge in [0.1, 0.15) is 11.9 Å². The molecule has 0 heterocycles. The fraction of sp³-hybridized carbons (Fsp3) is 0.926. The van der Waals surface area contributed by atoms with Gasteiger partial charge in [-0.05, 0) is 117 Å². The van der Waals surface area contributed by atoms with E-state index in [0.29, 0.717) is 22.5 Å². The highest BCUT2D eigenvalue weighted by Crippen LogP contribution is 2.68. The third-order valence-corrected chi connectivity index (χ3v) is 10.7. The third kappa shape index (κ3) is 3.77. The molecule has 30 heavy (non-hydrogen) atoms. The molecular formula is C27H44O3. The first-order chi connectivity index (χ1) is 14.1. The van der Waals surface area contributed by atoms with Crippen LogP contribution in [0.25, 0.3) is 0 Å². The van der Waals surface area contributed by atoms with Gasteiger partial charge in [0, 0.05) is 13.3 Å². The molecule has 0 aliphatic heterocycles. The van der Waals surface area contributed by atoms with Gasteiger partial charge >= 0.3 is 5.97 Å². The van der Waals surface area contributed by atoms with Crippen LogP contribution in [0.5, 0.6) is 0 Å². The first-order valence-corrected chi connectivity index (χ1v) is 12.8. The van der Waals surface area contributed by atoms with E-state index in [4.69, 9.17) is 4.74 Å². The Balaban J connectivity index is 1.47. The highest BCUT2D eigenvalue weighted by Gasteiger charge is 2.60. The maximum Gasteiger partial charge on any atom is 0.302 e. The molecule has 0 aromatic rings. The van der Waals surface area contributed by atoms with Crippen molar-refractivity contribution in [3.8, 4) is 0 Å². The van der Waals surface area contributed by atoms with Crippen LogP contribution >= 0.6 is 0 Å². The highest BCUT2D eigenvalue weighted by atomic mass is 16.5. The number of esters is 1. The molecule has 9 atom stereocenters. The van der Waals surface area contributed by atoms with Gasteiger partial charge in [-0.15, -0.1) is 0 Å². The second kappa shape index (κ2) is 8.24. The number of carbonyl (C=O) groups excluding carboxylic acids is 2. The average molecular weight is 417 g/mol. The zero-order chi connectivity index (χ0) is 21.7. The molecule has 170 valence electrons.